The van der Waals surface area contributed by atoms with E-state index in [2.05, 4.69) is 35.8 Å². The highest BCUT2D eigenvalue weighted by Gasteiger charge is 2.31. The maximum Gasteiger partial charge on any atom is 0.214 e. The van der Waals surface area contributed by atoms with Gasteiger partial charge in [-0.2, -0.15) is 0 Å². The van der Waals surface area contributed by atoms with Crippen LogP contribution in [0.4, 0.5) is 5.13 Å². The highest BCUT2D eigenvalue weighted by molar-refractivity contribution is 7.20. The van der Waals surface area contributed by atoms with E-state index in [4.69, 9.17) is 5.73 Å². The van der Waals surface area contributed by atoms with Crippen LogP contribution in [0.5, 0.6) is 0 Å². The van der Waals surface area contributed by atoms with Crippen LogP contribution >= 0.6 is 11.3 Å². The number of imidazole rings is 1. The largest absolute Gasteiger partial charge is 0.394 e. The van der Waals surface area contributed by atoms with Crippen molar-refractivity contribution in [3.63, 3.8) is 0 Å². The van der Waals surface area contributed by atoms with Gasteiger partial charge in [-0.15, -0.1) is 5.10 Å². The molecule has 6 nitrogen and oxygen atoms in total. The fraction of sp³-hybridized carbons (Fsp3) is 0.714. The average Bonchev–Trinajstić information content (AvgIpc) is 2.97. The Morgan fingerprint density at radius 3 is 2.57 bits per heavy atom. The number of nitrogens with zero attached hydrogens (tertiary/aromatic N) is 4. The summed E-state index contributed by atoms with van der Waals surface area (Å²) in [7, 11) is 0. The summed E-state index contributed by atoms with van der Waals surface area (Å²) >= 11 is 1.61. The van der Waals surface area contributed by atoms with Gasteiger partial charge < -0.3 is 15.7 Å². The molecule has 0 bridgehead atoms. The third kappa shape index (κ3) is 2.77. The van der Waals surface area contributed by atoms with Gasteiger partial charge in [0.15, 0.2) is 0 Å². The molecule has 3 rings (SSSR count). The van der Waals surface area contributed by atoms with Crippen LogP contribution in [0.3, 0.4) is 0 Å². The molecule has 0 saturated carbocycles. The molecule has 21 heavy (non-hydrogen) atoms. The minimum atomic E-state index is -0.423. The third-order valence-electron chi connectivity index (χ3n) is 4.15. The van der Waals surface area contributed by atoms with Crippen molar-refractivity contribution in [2.45, 2.75) is 44.6 Å². The molecular formula is C14H23N5OS. The number of hydrogen-bond acceptors (Lipinski definition) is 6. The molecule has 2 aromatic rings. The maximum atomic E-state index is 9.32. The van der Waals surface area contributed by atoms with E-state index in [0.29, 0.717) is 0 Å². The number of rotatable bonds is 2. The number of aliphatic hydroxyl groups is 1. The Kier molecular flexibility index (Phi) is 3.46. The summed E-state index contributed by atoms with van der Waals surface area (Å²) in [5, 5.41) is 14.9. The monoisotopic (exact) mass is 309 g/mol. The summed E-state index contributed by atoms with van der Waals surface area (Å²) in [5.41, 5.74) is 6.79. The van der Waals surface area contributed by atoms with Crippen LogP contribution < -0.4 is 10.6 Å². The van der Waals surface area contributed by atoms with Gasteiger partial charge in [0.2, 0.25) is 10.1 Å². The number of aromatic nitrogens is 3. The van der Waals surface area contributed by atoms with Gasteiger partial charge in [0.1, 0.15) is 0 Å². The summed E-state index contributed by atoms with van der Waals surface area (Å²) in [6.45, 7) is 8.18. The Hall–Kier alpha value is -1.18. The minimum absolute atomic E-state index is 0.0407. The summed E-state index contributed by atoms with van der Waals surface area (Å²) in [4.78, 5) is 7.84. The van der Waals surface area contributed by atoms with Gasteiger partial charge in [-0.25, -0.2) is 9.50 Å². The van der Waals surface area contributed by atoms with Crippen LogP contribution in [0.2, 0.25) is 0 Å². The van der Waals surface area contributed by atoms with Crippen LogP contribution in [0.25, 0.3) is 4.96 Å². The van der Waals surface area contributed by atoms with Gasteiger partial charge in [0.05, 0.1) is 18.5 Å². The summed E-state index contributed by atoms with van der Waals surface area (Å²) in [6.07, 6.45) is 3.59. The van der Waals surface area contributed by atoms with Crippen molar-refractivity contribution in [3.8, 4) is 0 Å². The molecule has 0 amide bonds. The number of nitrogens with two attached hydrogens (primary N) is 1. The molecule has 3 N–H and O–H groups in total. The van der Waals surface area contributed by atoms with Crippen LogP contribution in [-0.2, 0) is 5.41 Å². The molecule has 3 heterocycles. The second-order valence-corrected chi connectivity index (χ2v) is 7.93. The highest BCUT2D eigenvalue weighted by Crippen LogP contribution is 2.30. The number of anilines is 1. The van der Waals surface area contributed by atoms with Crippen molar-refractivity contribution in [1.29, 1.82) is 0 Å². The molecule has 0 aromatic carbocycles. The molecular weight excluding hydrogens is 286 g/mol. The third-order valence-corrected chi connectivity index (χ3v) is 5.13. The predicted molar refractivity (Wildman–Crippen MR) is 85.0 cm³/mol. The highest BCUT2D eigenvalue weighted by atomic mass is 32.1. The first-order chi connectivity index (χ1) is 9.81. The number of hydrogen-bond donors (Lipinski definition) is 2. The van der Waals surface area contributed by atoms with Crippen LogP contribution in [0.15, 0.2) is 6.20 Å². The first-order valence-electron chi connectivity index (χ1n) is 7.32. The van der Waals surface area contributed by atoms with Crippen LogP contribution in [-0.4, -0.2) is 44.9 Å². The van der Waals surface area contributed by atoms with Crippen molar-refractivity contribution in [1.82, 2.24) is 14.6 Å². The standard InChI is InChI=1S/C14H23N5OS/c1-13(2,3)10-8-19-11(16-10)21-12(17-19)18-6-4-14(15,9-20)5-7-18/h8,20H,4-7,9,15H2,1-3H3. The average molecular weight is 309 g/mol. The van der Waals surface area contributed by atoms with Crippen molar-refractivity contribution in [2.24, 2.45) is 5.73 Å². The van der Waals surface area contributed by atoms with Crippen molar-refractivity contribution >= 4 is 21.4 Å². The normalized spacial score (nSPS) is 19.4. The summed E-state index contributed by atoms with van der Waals surface area (Å²) in [5.74, 6) is 0. The lowest BCUT2D eigenvalue weighted by molar-refractivity contribution is 0.170. The van der Waals surface area contributed by atoms with Crippen LogP contribution in [0.1, 0.15) is 39.3 Å². The first-order valence-corrected chi connectivity index (χ1v) is 8.14. The van der Waals surface area contributed by atoms with Crippen molar-refractivity contribution in [3.05, 3.63) is 11.9 Å². The second-order valence-electron chi connectivity index (χ2n) is 7.00. The van der Waals surface area contributed by atoms with E-state index in [1.54, 1.807) is 11.3 Å². The lowest BCUT2D eigenvalue weighted by Crippen LogP contribution is -2.52. The van der Waals surface area contributed by atoms with Crippen molar-refractivity contribution in [2.75, 3.05) is 24.6 Å². The molecule has 116 valence electrons. The molecule has 1 aliphatic heterocycles. The fourth-order valence-electron chi connectivity index (χ4n) is 2.48. The van der Waals surface area contributed by atoms with Gasteiger partial charge in [-0.05, 0) is 12.8 Å². The van der Waals surface area contributed by atoms with Gasteiger partial charge in [-0.3, -0.25) is 0 Å². The Balaban J connectivity index is 1.78. The van der Waals surface area contributed by atoms with Crippen molar-refractivity contribution < 1.29 is 5.11 Å². The van der Waals surface area contributed by atoms with E-state index in [1.165, 1.54) is 0 Å². The molecule has 7 heteroatoms. The zero-order valence-electron chi connectivity index (χ0n) is 12.8. The van der Waals surface area contributed by atoms with E-state index in [9.17, 15) is 5.11 Å². The van der Waals surface area contributed by atoms with Crippen LogP contribution in [0, 0.1) is 0 Å². The Morgan fingerprint density at radius 1 is 1.38 bits per heavy atom. The molecule has 1 saturated heterocycles. The van der Waals surface area contributed by atoms with Gasteiger partial charge in [-0.1, -0.05) is 32.1 Å². The number of aliphatic hydroxyl groups excluding tert-OH is 1. The zero-order chi connectivity index (χ0) is 15.3. The number of piperidine rings is 1. The molecule has 1 fully saturated rings. The van der Waals surface area contributed by atoms with E-state index < -0.39 is 5.54 Å². The van der Waals surface area contributed by atoms with Gasteiger partial charge in [0.25, 0.3) is 0 Å². The molecule has 0 radical (unpaired) electrons. The van der Waals surface area contributed by atoms with Gasteiger partial charge in [0, 0.05) is 24.0 Å². The van der Waals surface area contributed by atoms with E-state index in [-0.39, 0.29) is 12.0 Å². The fourth-order valence-corrected chi connectivity index (χ4v) is 3.42. The second kappa shape index (κ2) is 4.93. The molecule has 0 atom stereocenters. The number of fused-ring (bicyclic) bond motifs is 1. The topological polar surface area (TPSA) is 79.7 Å². The van der Waals surface area contributed by atoms with E-state index in [0.717, 1.165) is 41.7 Å². The molecule has 1 aliphatic rings. The molecule has 0 aliphatic carbocycles. The predicted octanol–water partition coefficient (Wildman–Crippen LogP) is 1.38. The smallest absolute Gasteiger partial charge is 0.214 e. The first kappa shape index (κ1) is 14.7. The summed E-state index contributed by atoms with van der Waals surface area (Å²) < 4.78 is 1.87. The van der Waals surface area contributed by atoms with Gasteiger partial charge >= 0.3 is 0 Å². The van der Waals surface area contributed by atoms with E-state index >= 15 is 0 Å². The minimum Gasteiger partial charge on any atom is -0.394 e. The quantitative estimate of drug-likeness (QED) is 0.876. The lowest BCUT2D eigenvalue weighted by Gasteiger charge is -2.37. The molecule has 2 aromatic heterocycles. The Labute approximate surface area is 128 Å². The SMILES string of the molecule is CC(C)(C)c1cn2nc(N3CCC(N)(CO)CC3)sc2n1. The lowest BCUT2D eigenvalue weighted by atomic mass is 9.90. The Bertz CT molecular complexity index is 602. The Morgan fingerprint density at radius 2 is 2.05 bits per heavy atom. The van der Waals surface area contributed by atoms with E-state index in [1.807, 2.05) is 10.7 Å². The maximum absolute atomic E-state index is 9.32. The molecule has 0 spiro atoms. The summed E-state index contributed by atoms with van der Waals surface area (Å²) in [6, 6.07) is 0. The molecule has 0 unspecified atom stereocenters. The zero-order valence-corrected chi connectivity index (χ0v) is 13.7.